The van der Waals surface area contributed by atoms with Crippen LogP contribution in [0.3, 0.4) is 0 Å². The molecule has 1 rings (SSSR count). The van der Waals surface area contributed by atoms with Gasteiger partial charge in [0.2, 0.25) is 0 Å². The Labute approximate surface area is 94.9 Å². The average Bonchev–Trinajstić information content (AvgIpc) is 2.14. The molecule has 0 aliphatic heterocycles. The maximum Gasteiger partial charge on any atom is 0.306 e. The molecule has 0 saturated heterocycles. The van der Waals surface area contributed by atoms with Crippen molar-refractivity contribution in [2.75, 3.05) is 11.9 Å². The zero-order valence-corrected chi connectivity index (χ0v) is 9.53. The van der Waals surface area contributed by atoms with Crippen LogP contribution in [0.2, 0.25) is 0 Å². The normalized spacial score (nSPS) is 14.2. The van der Waals surface area contributed by atoms with E-state index in [4.69, 9.17) is 5.11 Å². The Morgan fingerprint density at radius 1 is 1.44 bits per heavy atom. The molecule has 3 N–H and O–H groups in total. The number of rotatable bonds is 5. The number of carboxylic acid groups (broad SMARTS) is 1. The number of carbonyl (C=O) groups is 1. The summed E-state index contributed by atoms with van der Waals surface area (Å²) in [7, 11) is 0. The van der Waals surface area contributed by atoms with Gasteiger partial charge in [0.1, 0.15) is 0 Å². The molecule has 0 fully saturated rings. The largest absolute Gasteiger partial charge is 0.481 e. The predicted octanol–water partition coefficient (Wildman–Crippen LogP) is 1.63. The number of aryl methyl sites for hydroxylation is 1. The molecule has 0 aliphatic carbocycles. The van der Waals surface area contributed by atoms with Crippen molar-refractivity contribution in [2.45, 2.75) is 25.9 Å². The van der Waals surface area contributed by atoms with Crippen molar-refractivity contribution >= 4 is 11.7 Å². The first-order chi connectivity index (χ1) is 7.41. The van der Waals surface area contributed by atoms with Crippen LogP contribution in [0.1, 0.15) is 18.9 Å². The van der Waals surface area contributed by atoms with Gasteiger partial charge >= 0.3 is 5.97 Å². The van der Waals surface area contributed by atoms with Crippen LogP contribution in [0, 0.1) is 6.92 Å². The summed E-state index contributed by atoms with van der Waals surface area (Å²) in [6.07, 6.45) is -0.272. The number of aliphatic hydroxyl groups is 1. The second kappa shape index (κ2) is 4.99. The summed E-state index contributed by atoms with van der Waals surface area (Å²) in [6.45, 7) is 3.67. The summed E-state index contributed by atoms with van der Waals surface area (Å²) < 4.78 is 0. The molecule has 0 bridgehead atoms. The third kappa shape index (κ3) is 3.90. The Kier molecular flexibility index (Phi) is 3.90. The monoisotopic (exact) mass is 223 g/mol. The van der Waals surface area contributed by atoms with E-state index < -0.39 is 11.6 Å². The number of hydrogen-bond acceptors (Lipinski definition) is 3. The molecule has 0 amide bonds. The second-order valence-corrected chi connectivity index (χ2v) is 4.24. The molecule has 4 heteroatoms. The van der Waals surface area contributed by atoms with Crippen LogP contribution in [0.5, 0.6) is 0 Å². The fourth-order valence-corrected chi connectivity index (χ4v) is 1.45. The Morgan fingerprint density at radius 3 is 2.62 bits per heavy atom. The van der Waals surface area contributed by atoms with E-state index in [1.54, 1.807) is 0 Å². The molecular weight excluding hydrogens is 206 g/mol. The van der Waals surface area contributed by atoms with Crippen LogP contribution >= 0.6 is 0 Å². The van der Waals surface area contributed by atoms with Crippen molar-refractivity contribution in [3.05, 3.63) is 29.8 Å². The lowest BCUT2D eigenvalue weighted by atomic mass is 10.0. The molecule has 0 saturated carbocycles. The molecule has 1 aromatic rings. The van der Waals surface area contributed by atoms with Gasteiger partial charge in [0.15, 0.2) is 0 Å². The van der Waals surface area contributed by atoms with E-state index >= 15 is 0 Å². The van der Waals surface area contributed by atoms with Crippen molar-refractivity contribution < 1.29 is 15.0 Å². The highest BCUT2D eigenvalue weighted by molar-refractivity contribution is 5.68. The molecule has 16 heavy (non-hydrogen) atoms. The lowest BCUT2D eigenvalue weighted by molar-refractivity contribution is -0.141. The number of para-hydroxylation sites is 1. The summed E-state index contributed by atoms with van der Waals surface area (Å²) >= 11 is 0. The molecule has 0 radical (unpaired) electrons. The molecule has 88 valence electrons. The zero-order chi connectivity index (χ0) is 12.2. The van der Waals surface area contributed by atoms with Gasteiger partial charge < -0.3 is 15.5 Å². The number of nitrogens with one attached hydrogen (secondary N) is 1. The van der Waals surface area contributed by atoms with Crippen LogP contribution in [0.25, 0.3) is 0 Å². The number of hydrogen-bond donors (Lipinski definition) is 3. The molecule has 1 atom stereocenters. The topological polar surface area (TPSA) is 69.6 Å². The minimum Gasteiger partial charge on any atom is -0.481 e. The molecular formula is C12H17NO3. The lowest BCUT2D eigenvalue weighted by Gasteiger charge is -2.22. The zero-order valence-electron chi connectivity index (χ0n) is 9.53. The smallest absolute Gasteiger partial charge is 0.306 e. The van der Waals surface area contributed by atoms with E-state index in [2.05, 4.69) is 5.32 Å². The minimum absolute atomic E-state index is 0.212. The highest BCUT2D eigenvalue weighted by Gasteiger charge is 2.23. The molecule has 0 aliphatic rings. The van der Waals surface area contributed by atoms with Gasteiger partial charge in [0.25, 0.3) is 0 Å². The Hall–Kier alpha value is -1.55. The third-order valence-electron chi connectivity index (χ3n) is 2.34. The molecule has 0 heterocycles. The van der Waals surface area contributed by atoms with Crippen molar-refractivity contribution in [2.24, 2.45) is 0 Å². The summed E-state index contributed by atoms with van der Waals surface area (Å²) in [5, 5.41) is 21.5. The first kappa shape index (κ1) is 12.5. The SMILES string of the molecule is Cc1ccccc1NCC(C)(O)CC(=O)O. The van der Waals surface area contributed by atoms with Gasteiger partial charge in [-0.05, 0) is 25.5 Å². The molecule has 0 aromatic heterocycles. The second-order valence-electron chi connectivity index (χ2n) is 4.24. The van der Waals surface area contributed by atoms with Crippen LogP contribution in [0.4, 0.5) is 5.69 Å². The van der Waals surface area contributed by atoms with E-state index in [-0.39, 0.29) is 13.0 Å². The van der Waals surface area contributed by atoms with Crippen LogP contribution in [-0.2, 0) is 4.79 Å². The van der Waals surface area contributed by atoms with Crippen molar-refractivity contribution in [1.82, 2.24) is 0 Å². The fourth-order valence-electron chi connectivity index (χ4n) is 1.45. The van der Waals surface area contributed by atoms with Crippen LogP contribution in [0.15, 0.2) is 24.3 Å². The van der Waals surface area contributed by atoms with E-state index in [0.717, 1.165) is 11.3 Å². The minimum atomic E-state index is -1.24. The predicted molar refractivity (Wildman–Crippen MR) is 62.5 cm³/mol. The maximum atomic E-state index is 10.5. The maximum absolute atomic E-state index is 10.5. The van der Waals surface area contributed by atoms with Crippen LogP contribution in [-0.4, -0.2) is 28.3 Å². The number of carboxylic acids is 1. The molecule has 4 nitrogen and oxygen atoms in total. The van der Waals surface area contributed by atoms with E-state index in [9.17, 15) is 9.90 Å². The number of aliphatic carboxylic acids is 1. The van der Waals surface area contributed by atoms with Gasteiger partial charge in [-0.3, -0.25) is 4.79 Å². The summed E-state index contributed by atoms with van der Waals surface area (Å²) in [6, 6.07) is 7.66. The molecule has 0 spiro atoms. The fraction of sp³-hybridized carbons (Fsp3) is 0.417. The van der Waals surface area contributed by atoms with Crippen molar-refractivity contribution in [1.29, 1.82) is 0 Å². The Bertz CT molecular complexity index is 374. The van der Waals surface area contributed by atoms with Crippen molar-refractivity contribution in [3.8, 4) is 0 Å². The number of anilines is 1. The standard InChI is InChI=1S/C12H17NO3/c1-9-5-3-4-6-10(9)13-8-12(2,16)7-11(14)15/h3-6,13,16H,7-8H2,1-2H3,(H,14,15). The molecule has 1 aromatic carbocycles. The van der Waals surface area contributed by atoms with Gasteiger partial charge in [-0.1, -0.05) is 18.2 Å². The van der Waals surface area contributed by atoms with Gasteiger partial charge in [-0.15, -0.1) is 0 Å². The third-order valence-corrected chi connectivity index (χ3v) is 2.34. The van der Waals surface area contributed by atoms with Crippen LogP contribution < -0.4 is 5.32 Å². The lowest BCUT2D eigenvalue weighted by Crippen LogP contribution is -2.36. The van der Waals surface area contributed by atoms with E-state index in [1.165, 1.54) is 6.92 Å². The summed E-state index contributed by atoms with van der Waals surface area (Å²) in [5.41, 5.74) is 0.732. The highest BCUT2D eigenvalue weighted by atomic mass is 16.4. The number of benzene rings is 1. The summed E-state index contributed by atoms with van der Waals surface area (Å²) in [5.74, 6) is -1.00. The Morgan fingerprint density at radius 2 is 2.06 bits per heavy atom. The van der Waals surface area contributed by atoms with Gasteiger partial charge in [0.05, 0.1) is 12.0 Å². The van der Waals surface area contributed by atoms with Gasteiger partial charge in [-0.25, -0.2) is 0 Å². The Balaban J connectivity index is 2.57. The average molecular weight is 223 g/mol. The van der Waals surface area contributed by atoms with E-state index in [0.29, 0.717) is 0 Å². The van der Waals surface area contributed by atoms with E-state index in [1.807, 2.05) is 31.2 Å². The quantitative estimate of drug-likeness (QED) is 0.709. The highest BCUT2D eigenvalue weighted by Crippen LogP contribution is 2.16. The summed E-state index contributed by atoms with van der Waals surface area (Å²) in [4.78, 5) is 10.5. The first-order valence-corrected chi connectivity index (χ1v) is 5.14. The van der Waals surface area contributed by atoms with Gasteiger partial charge in [0, 0.05) is 12.2 Å². The first-order valence-electron chi connectivity index (χ1n) is 5.14. The van der Waals surface area contributed by atoms with Crippen molar-refractivity contribution in [3.63, 3.8) is 0 Å². The van der Waals surface area contributed by atoms with Gasteiger partial charge in [-0.2, -0.15) is 0 Å². The molecule has 1 unspecified atom stereocenters.